The number of hydrogen-bond acceptors (Lipinski definition) is 6. The lowest BCUT2D eigenvalue weighted by atomic mass is 9.86. The Morgan fingerprint density at radius 2 is 1.81 bits per heavy atom. The molecule has 1 aliphatic heterocycles. The van der Waals surface area contributed by atoms with Crippen molar-refractivity contribution in [3.8, 4) is 5.75 Å². The summed E-state index contributed by atoms with van der Waals surface area (Å²) < 4.78 is 5.42. The van der Waals surface area contributed by atoms with Crippen molar-refractivity contribution in [2.24, 2.45) is 5.92 Å². The first kappa shape index (κ1) is 22.3. The highest BCUT2D eigenvalue weighted by atomic mass is 16.5. The van der Waals surface area contributed by atoms with Crippen LogP contribution in [-0.2, 0) is 14.4 Å². The third kappa shape index (κ3) is 4.84. The zero-order valence-corrected chi connectivity index (χ0v) is 17.6. The summed E-state index contributed by atoms with van der Waals surface area (Å²) in [5, 5.41) is 4.89. The SMILES string of the molecule is CCOc1ccccc1N1C(=O)C(=O)N(CC(=O)NC(=O)NC2CCCCC2C)C1=O. The lowest BCUT2D eigenvalue weighted by Gasteiger charge is -2.29. The van der Waals surface area contributed by atoms with Crippen LogP contribution < -0.4 is 20.3 Å². The topological polar surface area (TPSA) is 125 Å². The summed E-state index contributed by atoms with van der Waals surface area (Å²) in [5.74, 6) is -2.55. The van der Waals surface area contributed by atoms with Crippen LogP contribution in [0, 0.1) is 5.92 Å². The fraction of sp³-hybridized carbons (Fsp3) is 0.476. The van der Waals surface area contributed by atoms with Crippen molar-refractivity contribution in [3.63, 3.8) is 0 Å². The second-order valence-corrected chi connectivity index (χ2v) is 7.61. The first-order valence-corrected chi connectivity index (χ1v) is 10.4. The van der Waals surface area contributed by atoms with Crippen LogP contribution in [-0.4, -0.2) is 53.9 Å². The first-order chi connectivity index (χ1) is 14.8. The van der Waals surface area contributed by atoms with Gasteiger partial charge in [0.15, 0.2) is 0 Å². The summed E-state index contributed by atoms with van der Waals surface area (Å²) in [6.45, 7) is 3.32. The molecule has 10 heteroatoms. The van der Waals surface area contributed by atoms with Crippen LogP contribution in [0.1, 0.15) is 39.5 Å². The smallest absolute Gasteiger partial charge is 0.339 e. The van der Waals surface area contributed by atoms with Gasteiger partial charge in [-0.2, -0.15) is 0 Å². The lowest BCUT2D eigenvalue weighted by Crippen LogP contribution is -2.50. The van der Waals surface area contributed by atoms with Crippen LogP contribution in [0.3, 0.4) is 0 Å². The summed E-state index contributed by atoms with van der Waals surface area (Å²) in [7, 11) is 0. The van der Waals surface area contributed by atoms with Crippen molar-refractivity contribution >= 4 is 35.5 Å². The van der Waals surface area contributed by atoms with Gasteiger partial charge in [-0.25, -0.2) is 19.4 Å². The molecule has 0 spiro atoms. The Hall–Kier alpha value is -3.43. The minimum Gasteiger partial charge on any atom is -0.492 e. The Kier molecular flexibility index (Phi) is 6.88. The summed E-state index contributed by atoms with van der Waals surface area (Å²) in [4.78, 5) is 63.1. The maximum absolute atomic E-state index is 12.7. The van der Waals surface area contributed by atoms with E-state index in [1.165, 1.54) is 6.07 Å². The molecule has 2 aliphatic rings. The number of nitrogens with one attached hydrogen (secondary N) is 2. The molecule has 0 radical (unpaired) electrons. The number of nitrogens with zero attached hydrogens (tertiary/aromatic N) is 2. The summed E-state index contributed by atoms with van der Waals surface area (Å²) in [6, 6.07) is 4.59. The molecule has 2 atom stereocenters. The highest BCUT2D eigenvalue weighted by molar-refractivity contribution is 6.53. The van der Waals surface area contributed by atoms with E-state index in [0.29, 0.717) is 22.3 Å². The molecular weight excluding hydrogens is 404 g/mol. The van der Waals surface area contributed by atoms with Crippen LogP contribution in [0.5, 0.6) is 5.75 Å². The number of hydrogen-bond donors (Lipinski definition) is 2. The molecule has 7 amide bonds. The standard InChI is InChI=1S/C21H26N4O6/c1-3-31-16-11-7-6-10-15(16)25-19(28)18(27)24(21(25)30)12-17(26)23-20(29)22-14-9-5-4-8-13(14)2/h6-7,10-11,13-14H,3-5,8-9,12H2,1-2H3,(H2,22,23,26,29). The van der Waals surface area contributed by atoms with E-state index in [4.69, 9.17) is 4.74 Å². The highest BCUT2D eigenvalue weighted by Gasteiger charge is 2.47. The zero-order valence-electron chi connectivity index (χ0n) is 17.6. The van der Waals surface area contributed by atoms with Crippen molar-refractivity contribution in [2.75, 3.05) is 18.1 Å². The van der Waals surface area contributed by atoms with Crippen molar-refractivity contribution in [2.45, 2.75) is 45.6 Å². The normalized spacial score (nSPS) is 21.3. The number of carbonyl (C=O) groups excluding carboxylic acids is 5. The Morgan fingerprint density at radius 3 is 2.52 bits per heavy atom. The molecule has 1 saturated heterocycles. The number of urea groups is 2. The van der Waals surface area contributed by atoms with E-state index < -0.39 is 36.3 Å². The number of anilines is 1. The molecule has 2 fully saturated rings. The predicted octanol–water partition coefficient (Wildman–Crippen LogP) is 1.78. The van der Waals surface area contributed by atoms with Crippen LogP contribution in [0.2, 0.25) is 0 Å². The van der Waals surface area contributed by atoms with Gasteiger partial charge in [0.05, 0.1) is 12.3 Å². The van der Waals surface area contributed by atoms with Gasteiger partial charge >= 0.3 is 23.9 Å². The summed E-state index contributed by atoms with van der Waals surface area (Å²) in [6.07, 6.45) is 3.93. The van der Waals surface area contributed by atoms with Gasteiger partial charge < -0.3 is 10.1 Å². The van der Waals surface area contributed by atoms with Crippen molar-refractivity contribution in [1.82, 2.24) is 15.5 Å². The zero-order chi connectivity index (χ0) is 22.5. The molecular formula is C21H26N4O6. The molecule has 2 unspecified atom stereocenters. The van der Waals surface area contributed by atoms with E-state index >= 15 is 0 Å². The van der Waals surface area contributed by atoms with Crippen molar-refractivity contribution in [1.29, 1.82) is 0 Å². The summed E-state index contributed by atoms with van der Waals surface area (Å²) in [5.41, 5.74) is 0.111. The molecule has 1 aliphatic carbocycles. The minimum atomic E-state index is -1.15. The third-order valence-electron chi connectivity index (χ3n) is 5.44. The molecule has 10 nitrogen and oxygen atoms in total. The third-order valence-corrected chi connectivity index (χ3v) is 5.44. The van der Waals surface area contributed by atoms with Crippen LogP contribution in [0.15, 0.2) is 24.3 Å². The second kappa shape index (κ2) is 9.59. The van der Waals surface area contributed by atoms with Gasteiger partial charge in [0.25, 0.3) is 0 Å². The van der Waals surface area contributed by atoms with E-state index in [9.17, 15) is 24.0 Å². The summed E-state index contributed by atoms with van der Waals surface area (Å²) >= 11 is 0. The van der Waals surface area contributed by atoms with E-state index in [-0.39, 0.29) is 17.5 Å². The van der Waals surface area contributed by atoms with Gasteiger partial charge in [-0.1, -0.05) is 31.9 Å². The Labute approximate surface area is 179 Å². The monoisotopic (exact) mass is 430 g/mol. The average molecular weight is 430 g/mol. The van der Waals surface area contributed by atoms with E-state index in [1.807, 2.05) is 6.92 Å². The first-order valence-electron chi connectivity index (χ1n) is 10.4. The largest absolute Gasteiger partial charge is 0.492 e. The second-order valence-electron chi connectivity index (χ2n) is 7.61. The molecule has 1 aromatic rings. The number of rotatable bonds is 6. The fourth-order valence-corrected chi connectivity index (χ4v) is 3.82. The Balaban J connectivity index is 1.65. The molecule has 1 saturated carbocycles. The quantitative estimate of drug-likeness (QED) is 0.524. The maximum atomic E-state index is 12.7. The van der Waals surface area contributed by atoms with Gasteiger partial charge in [-0.15, -0.1) is 0 Å². The van der Waals surface area contributed by atoms with E-state index in [0.717, 1.165) is 25.7 Å². The van der Waals surface area contributed by atoms with Gasteiger partial charge in [0, 0.05) is 6.04 Å². The highest BCUT2D eigenvalue weighted by Crippen LogP contribution is 2.31. The molecule has 1 heterocycles. The number of carbonyl (C=O) groups is 5. The molecule has 31 heavy (non-hydrogen) atoms. The van der Waals surface area contributed by atoms with E-state index in [2.05, 4.69) is 10.6 Å². The lowest BCUT2D eigenvalue weighted by molar-refractivity contribution is -0.140. The van der Waals surface area contributed by atoms with Crippen molar-refractivity contribution < 1.29 is 28.7 Å². The number of imide groups is 3. The number of para-hydroxylation sites is 2. The van der Waals surface area contributed by atoms with Gasteiger partial charge in [0.2, 0.25) is 5.91 Å². The maximum Gasteiger partial charge on any atom is 0.339 e. The molecule has 166 valence electrons. The molecule has 3 rings (SSSR count). The number of ether oxygens (including phenoxy) is 1. The van der Waals surface area contributed by atoms with Crippen LogP contribution >= 0.6 is 0 Å². The van der Waals surface area contributed by atoms with Gasteiger partial charge in [-0.05, 0) is 37.8 Å². The number of amides is 7. The van der Waals surface area contributed by atoms with Crippen LogP contribution in [0.25, 0.3) is 0 Å². The molecule has 0 bridgehead atoms. The minimum absolute atomic E-state index is 0.0382. The molecule has 0 aromatic heterocycles. The Bertz CT molecular complexity index is 902. The predicted molar refractivity (Wildman–Crippen MR) is 110 cm³/mol. The van der Waals surface area contributed by atoms with Gasteiger partial charge in [-0.3, -0.25) is 19.7 Å². The number of benzene rings is 1. The fourth-order valence-electron chi connectivity index (χ4n) is 3.82. The van der Waals surface area contributed by atoms with E-state index in [1.54, 1.807) is 25.1 Å². The average Bonchev–Trinajstić information content (AvgIpc) is 2.94. The molecule has 1 aromatic carbocycles. The Morgan fingerprint density at radius 1 is 1.10 bits per heavy atom. The van der Waals surface area contributed by atoms with Crippen molar-refractivity contribution in [3.05, 3.63) is 24.3 Å². The van der Waals surface area contributed by atoms with Gasteiger partial charge in [0.1, 0.15) is 12.3 Å². The molecule has 2 N–H and O–H groups in total. The van der Waals surface area contributed by atoms with Crippen LogP contribution in [0.4, 0.5) is 15.3 Å².